The zero-order valence-corrected chi connectivity index (χ0v) is 12.2. The van der Waals surface area contributed by atoms with Gasteiger partial charge in [0, 0.05) is 0 Å². The van der Waals surface area contributed by atoms with Gasteiger partial charge in [-0.05, 0) is 43.4 Å². The molecule has 0 heterocycles. The minimum Gasteiger partial charge on any atom is -0.452 e. The lowest BCUT2D eigenvalue weighted by atomic mass is 10.00. The number of aliphatic hydroxyl groups is 1. The number of rotatable bonds is 5. The molecule has 0 atom stereocenters. The van der Waals surface area contributed by atoms with E-state index in [-0.39, 0.29) is 6.61 Å². The number of carbonyl (C=O) groups is 2. The van der Waals surface area contributed by atoms with E-state index in [1.165, 1.54) is 12.1 Å². The maximum atomic E-state index is 11.8. The molecule has 0 unspecified atom stereocenters. The van der Waals surface area contributed by atoms with Crippen LogP contribution < -0.4 is 5.32 Å². The molecule has 0 spiro atoms. The molecule has 1 aliphatic rings. The summed E-state index contributed by atoms with van der Waals surface area (Å²) in [6, 6.07) is 8.42. The van der Waals surface area contributed by atoms with Crippen LogP contribution in [0.2, 0.25) is 0 Å². The van der Waals surface area contributed by atoms with Gasteiger partial charge in [-0.25, -0.2) is 4.79 Å². The molecule has 2 rings (SSSR count). The first-order valence-corrected chi connectivity index (χ1v) is 7.18. The lowest BCUT2D eigenvalue weighted by molar-refractivity contribution is -0.125. The molecule has 6 nitrogen and oxygen atoms in total. The highest BCUT2D eigenvalue weighted by atomic mass is 16.5. The Labute approximate surface area is 128 Å². The number of nitrogens with one attached hydrogen (secondary N) is 1. The average molecular weight is 302 g/mol. The fraction of sp³-hybridized carbons (Fsp3) is 0.438. The topological polar surface area (TPSA) is 99.4 Å². The number of nitriles is 1. The second-order valence-corrected chi connectivity index (χ2v) is 5.38. The molecule has 6 heteroatoms. The van der Waals surface area contributed by atoms with Gasteiger partial charge in [0.25, 0.3) is 5.91 Å². The van der Waals surface area contributed by atoms with Crippen LogP contribution in [0.1, 0.15) is 41.6 Å². The normalized spacial score (nSPS) is 15.8. The maximum absolute atomic E-state index is 11.8. The first-order chi connectivity index (χ1) is 10.6. The number of esters is 1. The van der Waals surface area contributed by atoms with E-state index >= 15 is 0 Å². The standard InChI is InChI=1S/C16H18N2O4/c17-11-16(7-1-2-8-16)18-14(20)10-22-15(21)13-5-3-12(9-19)4-6-13/h3-6,19H,1-2,7-10H2,(H,18,20). The summed E-state index contributed by atoms with van der Waals surface area (Å²) in [5.41, 5.74) is 0.180. The molecule has 0 aromatic heterocycles. The van der Waals surface area contributed by atoms with Crippen molar-refractivity contribution < 1.29 is 19.4 Å². The third-order valence-corrected chi connectivity index (χ3v) is 3.76. The molecule has 116 valence electrons. The van der Waals surface area contributed by atoms with Crippen molar-refractivity contribution in [1.82, 2.24) is 5.32 Å². The van der Waals surface area contributed by atoms with Crippen LogP contribution in [0.5, 0.6) is 0 Å². The van der Waals surface area contributed by atoms with E-state index in [2.05, 4.69) is 11.4 Å². The van der Waals surface area contributed by atoms with Crippen molar-refractivity contribution in [2.24, 2.45) is 0 Å². The van der Waals surface area contributed by atoms with E-state index < -0.39 is 24.0 Å². The smallest absolute Gasteiger partial charge is 0.338 e. The molecule has 1 aromatic carbocycles. The summed E-state index contributed by atoms with van der Waals surface area (Å²) in [6.07, 6.45) is 3.08. The highest BCUT2D eigenvalue weighted by Crippen LogP contribution is 2.28. The lowest BCUT2D eigenvalue weighted by Crippen LogP contribution is -2.46. The number of carbonyl (C=O) groups excluding carboxylic acids is 2. The average Bonchev–Trinajstić information content (AvgIpc) is 3.01. The summed E-state index contributed by atoms with van der Waals surface area (Å²) in [5.74, 6) is -1.08. The molecular weight excluding hydrogens is 284 g/mol. The predicted molar refractivity (Wildman–Crippen MR) is 77.6 cm³/mol. The Morgan fingerprint density at radius 1 is 1.27 bits per heavy atom. The molecule has 0 saturated heterocycles. The molecule has 1 saturated carbocycles. The molecule has 0 aliphatic heterocycles. The molecule has 1 aromatic rings. The molecular formula is C16H18N2O4. The molecule has 0 bridgehead atoms. The fourth-order valence-corrected chi connectivity index (χ4v) is 2.51. The van der Waals surface area contributed by atoms with Crippen LogP contribution in [0.25, 0.3) is 0 Å². The number of nitrogens with zero attached hydrogens (tertiary/aromatic N) is 1. The first kappa shape index (κ1) is 16.0. The summed E-state index contributed by atoms with van der Waals surface area (Å²) in [7, 11) is 0. The molecule has 1 amide bonds. The van der Waals surface area contributed by atoms with Crippen LogP contribution in [0, 0.1) is 11.3 Å². The number of hydrogen-bond donors (Lipinski definition) is 2. The summed E-state index contributed by atoms with van der Waals surface area (Å²) < 4.78 is 4.94. The first-order valence-electron chi connectivity index (χ1n) is 7.18. The van der Waals surface area contributed by atoms with Crippen molar-refractivity contribution in [2.45, 2.75) is 37.8 Å². The van der Waals surface area contributed by atoms with E-state index in [4.69, 9.17) is 9.84 Å². The number of aliphatic hydroxyl groups excluding tert-OH is 1. The lowest BCUT2D eigenvalue weighted by Gasteiger charge is -2.21. The van der Waals surface area contributed by atoms with Gasteiger partial charge in [-0.3, -0.25) is 4.79 Å². The number of benzene rings is 1. The second kappa shape index (κ2) is 7.05. The molecule has 1 fully saturated rings. The van der Waals surface area contributed by atoms with Crippen LogP contribution in [0.3, 0.4) is 0 Å². The van der Waals surface area contributed by atoms with Gasteiger partial charge in [0.1, 0.15) is 5.54 Å². The zero-order chi connectivity index (χ0) is 16.0. The van der Waals surface area contributed by atoms with Gasteiger partial charge in [-0.1, -0.05) is 12.1 Å². The zero-order valence-electron chi connectivity index (χ0n) is 12.2. The Hall–Kier alpha value is -2.39. The largest absolute Gasteiger partial charge is 0.452 e. The van der Waals surface area contributed by atoms with Crippen LogP contribution in [-0.2, 0) is 16.1 Å². The number of hydrogen-bond acceptors (Lipinski definition) is 5. The van der Waals surface area contributed by atoms with Gasteiger partial charge in [0.15, 0.2) is 6.61 Å². The van der Waals surface area contributed by atoms with Crippen molar-refractivity contribution >= 4 is 11.9 Å². The summed E-state index contributed by atoms with van der Waals surface area (Å²) >= 11 is 0. The van der Waals surface area contributed by atoms with Gasteiger partial charge in [0.05, 0.1) is 18.2 Å². The Morgan fingerprint density at radius 3 is 2.45 bits per heavy atom. The van der Waals surface area contributed by atoms with Crippen LogP contribution >= 0.6 is 0 Å². The predicted octanol–water partition coefficient (Wildman–Crippen LogP) is 1.29. The van der Waals surface area contributed by atoms with E-state index in [9.17, 15) is 14.9 Å². The summed E-state index contributed by atoms with van der Waals surface area (Å²) in [5, 5.41) is 20.8. The van der Waals surface area contributed by atoms with Crippen molar-refractivity contribution in [3.05, 3.63) is 35.4 Å². The molecule has 0 radical (unpaired) electrons. The SMILES string of the molecule is N#CC1(NC(=O)COC(=O)c2ccc(CO)cc2)CCCC1. The Morgan fingerprint density at radius 2 is 1.91 bits per heavy atom. The van der Waals surface area contributed by atoms with E-state index in [1.54, 1.807) is 12.1 Å². The number of ether oxygens (including phenoxy) is 1. The highest BCUT2D eigenvalue weighted by molar-refractivity contribution is 5.91. The van der Waals surface area contributed by atoms with Crippen LogP contribution in [0.4, 0.5) is 0 Å². The maximum Gasteiger partial charge on any atom is 0.338 e. The van der Waals surface area contributed by atoms with Crippen LogP contribution in [-0.4, -0.2) is 29.1 Å². The van der Waals surface area contributed by atoms with Crippen molar-refractivity contribution in [2.75, 3.05) is 6.61 Å². The van der Waals surface area contributed by atoms with Crippen molar-refractivity contribution in [3.8, 4) is 6.07 Å². The van der Waals surface area contributed by atoms with E-state index in [1.807, 2.05) is 0 Å². The van der Waals surface area contributed by atoms with Crippen molar-refractivity contribution in [1.29, 1.82) is 5.26 Å². The van der Waals surface area contributed by atoms with Gasteiger partial charge < -0.3 is 15.2 Å². The summed E-state index contributed by atoms with van der Waals surface area (Å²) in [4.78, 5) is 23.6. The highest BCUT2D eigenvalue weighted by Gasteiger charge is 2.35. The minimum atomic E-state index is -0.813. The van der Waals surface area contributed by atoms with E-state index in [0.717, 1.165) is 12.8 Å². The minimum absolute atomic E-state index is 0.103. The fourth-order valence-electron chi connectivity index (χ4n) is 2.51. The molecule has 2 N–H and O–H groups in total. The van der Waals surface area contributed by atoms with Gasteiger partial charge in [0.2, 0.25) is 0 Å². The van der Waals surface area contributed by atoms with Crippen LogP contribution in [0.15, 0.2) is 24.3 Å². The molecule has 1 aliphatic carbocycles. The van der Waals surface area contributed by atoms with Crippen molar-refractivity contribution in [3.63, 3.8) is 0 Å². The quantitative estimate of drug-likeness (QED) is 0.798. The third kappa shape index (κ3) is 3.83. The Kier molecular flexibility index (Phi) is 5.12. The second-order valence-electron chi connectivity index (χ2n) is 5.38. The monoisotopic (exact) mass is 302 g/mol. The Bertz CT molecular complexity index is 583. The summed E-state index contributed by atoms with van der Waals surface area (Å²) in [6.45, 7) is -0.516. The van der Waals surface area contributed by atoms with Gasteiger partial charge >= 0.3 is 5.97 Å². The van der Waals surface area contributed by atoms with Gasteiger partial charge in [-0.2, -0.15) is 5.26 Å². The third-order valence-electron chi connectivity index (χ3n) is 3.76. The van der Waals surface area contributed by atoms with E-state index in [0.29, 0.717) is 24.0 Å². The van der Waals surface area contributed by atoms with Gasteiger partial charge in [-0.15, -0.1) is 0 Å². The number of amides is 1. The Balaban J connectivity index is 1.85. The molecule has 22 heavy (non-hydrogen) atoms.